The number of benzene rings is 3. The van der Waals surface area contributed by atoms with Crippen molar-refractivity contribution in [1.82, 2.24) is 9.97 Å². The topological polar surface area (TPSA) is 25.8 Å². The SMILES string of the molecule is [CH3][Ge]([CH3])([CH3])[c]1cccc2c1sc1ccnc(-c3[c-]cccc3)c12.[Ir].[c-]1ccccc1-c1ccccn1. The Morgan fingerprint density at radius 1 is 0.694 bits per heavy atom. The number of aromatic nitrogens is 2. The zero-order valence-electron chi connectivity index (χ0n) is 20.5. The van der Waals surface area contributed by atoms with Crippen LogP contribution in [-0.2, 0) is 20.1 Å². The summed E-state index contributed by atoms with van der Waals surface area (Å²) >= 11 is 0.0144. The van der Waals surface area contributed by atoms with E-state index in [4.69, 9.17) is 0 Å². The third-order valence-corrected chi connectivity index (χ3v) is 11.7. The van der Waals surface area contributed by atoms with Crippen LogP contribution in [0.3, 0.4) is 0 Å². The molecule has 0 aliphatic rings. The minimum Gasteiger partial charge on any atom is -0.305 e. The molecule has 6 rings (SSSR count). The van der Waals surface area contributed by atoms with Gasteiger partial charge < -0.3 is 4.98 Å². The average molecular weight is 723 g/mol. The second-order valence-electron chi connectivity index (χ2n) is 9.33. The molecule has 36 heavy (non-hydrogen) atoms. The van der Waals surface area contributed by atoms with Gasteiger partial charge >= 0.3 is 143 Å². The molecule has 0 saturated carbocycles. The molecule has 5 heteroatoms. The van der Waals surface area contributed by atoms with E-state index in [-0.39, 0.29) is 20.1 Å². The summed E-state index contributed by atoms with van der Waals surface area (Å²) in [5, 5.41) is 2.63. The molecule has 2 nitrogen and oxygen atoms in total. The first-order valence-corrected chi connectivity index (χ1v) is 19.8. The number of hydrogen-bond acceptors (Lipinski definition) is 3. The molecule has 0 fully saturated rings. The van der Waals surface area contributed by atoms with E-state index in [1.807, 2.05) is 72.1 Å². The number of hydrogen-bond donors (Lipinski definition) is 0. The first-order chi connectivity index (χ1) is 17.0. The van der Waals surface area contributed by atoms with Gasteiger partial charge in [0, 0.05) is 26.3 Å². The maximum Gasteiger partial charge on any atom is 0.0160 e. The van der Waals surface area contributed by atoms with E-state index in [1.165, 1.54) is 20.2 Å². The van der Waals surface area contributed by atoms with Crippen LogP contribution in [0, 0.1) is 12.1 Å². The van der Waals surface area contributed by atoms with E-state index < -0.39 is 13.3 Å². The summed E-state index contributed by atoms with van der Waals surface area (Å²) in [6.07, 6.45) is 3.71. The van der Waals surface area contributed by atoms with Crippen LogP contribution in [0.15, 0.2) is 103 Å². The Morgan fingerprint density at radius 3 is 2.06 bits per heavy atom. The third kappa shape index (κ3) is 5.68. The zero-order valence-corrected chi connectivity index (χ0v) is 25.8. The largest absolute Gasteiger partial charge is 0.305 e. The second-order valence-corrected chi connectivity index (χ2v) is 21.0. The predicted octanol–water partition coefficient (Wildman–Crippen LogP) is 8.01. The van der Waals surface area contributed by atoms with Crippen molar-refractivity contribution < 1.29 is 20.1 Å². The summed E-state index contributed by atoms with van der Waals surface area (Å²) in [5.41, 5.74) is 4.13. The Morgan fingerprint density at radius 2 is 1.42 bits per heavy atom. The van der Waals surface area contributed by atoms with Crippen LogP contribution in [0.4, 0.5) is 0 Å². The van der Waals surface area contributed by atoms with Crippen LogP contribution in [0.2, 0.25) is 17.3 Å². The molecule has 0 saturated heterocycles. The maximum atomic E-state index is 4.68. The van der Waals surface area contributed by atoms with Gasteiger partial charge in [-0.15, -0.1) is 35.9 Å². The maximum absolute atomic E-state index is 4.68. The minimum atomic E-state index is -1.90. The Bertz CT molecular complexity index is 1520. The van der Waals surface area contributed by atoms with Gasteiger partial charge in [-0.05, 0) is 11.8 Å². The number of rotatable bonds is 3. The van der Waals surface area contributed by atoms with Crippen LogP contribution >= 0.6 is 11.3 Å². The predicted molar refractivity (Wildman–Crippen MR) is 153 cm³/mol. The third-order valence-electron chi connectivity index (χ3n) is 5.83. The molecule has 3 aromatic carbocycles. The van der Waals surface area contributed by atoms with Crippen molar-refractivity contribution in [2.45, 2.75) is 17.3 Å². The number of pyridine rings is 2. The van der Waals surface area contributed by atoms with Crippen molar-refractivity contribution in [2.75, 3.05) is 0 Å². The monoisotopic (exact) mass is 725 g/mol. The van der Waals surface area contributed by atoms with Gasteiger partial charge in [-0.3, -0.25) is 0 Å². The minimum absolute atomic E-state index is 0. The average Bonchev–Trinajstić information content (AvgIpc) is 3.29. The van der Waals surface area contributed by atoms with Gasteiger partial charge in [-0.1, -0.05) is 12.1 Å². The van der Waals surface area contributed by atoms with Crippen LogP contribution in [0.5, 0.6) is 0 Å². The fraction of sp³-hybridized carbons (Fsp3) is 0.0968. The molecule has 0 bridgehead atoms. The van der Waals surface area contributed by atoms with E-state index in [2.05, 4.69) is 75.8 Å². The summed E-state index contributed by atoms with van der Waals surface area (Å²) in [5.74, 6) is 7.38. The Labute approximate surface area is 233 Å². The molecular formula is C31H26GeIrN2S-2. The van der Waals surface area contributed by atoms with Gasteiger partial charge in [0.05, 0.1) is 0 Å². The van der Waals surface area contributed by atoms with Gasteiger partial charge in [-0.2, -0.15) is 0 Å². The number of fused-ring (bicyclic) bond motifs is 3. The van der Waals surface area contributed by atoms with Gasteiger partial charge in [0.25, 0.3) is 0 Å². The van der Waals surface area contributed by atoms with Crippen molar-refractivity contribution in [3.8, 4) is 22.5 Å². The van der Waals surface area contributed by atoms with Crippen molar-refractivity contribution in [2.24, 2.45) is 0 Å². The standard InChI is InChI=1S/C20H18GeNS.C11H8N.Ir/c1-21(2,3)16-11-7-10-15-18-17(23-20(15)16)12-13-22-19(18)14-8-5-4-6-9-14;1-2-6-10(7-3-1)11-8-4-5-9-12-11;/h4-8,10-13H,1-3H3;1-6,8-9H;/q2*-1;. The van der Waals surface area contributed by atoms with Crippen molar-refractivity contribution in [1.29, 1.82) is 0 Å². The summed E-state index contributed by atoms with van der Waals surface area (Å²) in [7, 11) is 0. The van der Waals surface area contributed by atoms with Gasteiger partial charge in [0.15, 0.2) is 0 Å². The van der Waals surface area contributed by atoms with Crippen LogP contribution in [0.1, 0.15) is 0 Å². The molecule has 181 valence electrons. The number of thiophene rings is 1. The van der Waals surface area contributed by atoms with Crippen LogP contribution < -0.4 is 4.40 Å². The molecule has 0 aliphatic heterocycles. The van der Waals surface area contributed by atoms with Gasteiger partial charge in [0.1, 0.15) is 0 Å². The van der Waals surface area contributed by atoms with Crippen LogP contribution in [0.25, 0.3) is 42.7 Å². The molecule has 0 aliphatic carbocycles. The molecule has 0 amide bonds. The van der Waals surface area contributed by atoms with E-state index in [1.54, 1.807) is 10.6 Å². The Balaban J connectivity index is 0.000000198. The Hall–Kier alpha value is -2.63. The molecule has 0 N–H and O–H groups in total. The van der Waals surface area contributed by atoms with Gasteiger partial charge in [0.2, 0.25) is 0 Å². The first kappa shape index (κ1) is 26.4. The normalized spacial score (nSPS) is 11.0. The smallest absolute Gasteiger partial charge is 0.0160 e. The van der Waals surface area contributed by atoms with Crippen molar-refractivity contribution in [3.05, 3.63) is 116 Å². The summed E-state index contributed by atoms with van der Waals surface area (Å²) in [4.78, 5) is 8.90. The van der Waals surface area contributed by atoms with E-state index >= 15 is 0 Å². The van der Waals surface area contributed by atoms with E-state index in [0.29, 0.717) is 0 Å². The molecule has 3 aromatic heterocycles. The van der Waals surface area contributed by atoms with Crippen molar-refractivity contribution >= 4 is 49.2 Å². The molecule has 0 unspecified atom stereocenters. The molecular weight excluding hydrogens is 697 g/mol. The molecule has 1 radical (unpaired) electrons. The van der Waals surface area contributed by atoms with Crippen LogP contribution in [-0.4, -0.2) is 23.2 Å². The first-order valence-electron chi connectivity index (χ1n) is 11.7. The van der Waals surface area contributed by atoms with Crippen molar-refractivity contribution in [3.63, 3.8) is 0 Å². The Kier molecular flexibility index (Phi) is 8.53. The summed E-state index contributed by atoms with van der Waals surface area (Å²) in [6, 6.07) is 37.2. The molecule has 3 heterocycles. The summed E-state index contributed by atoms with van der Waals surface area (Å²) < 4.78 is 4.37. The molecule has 6 aromatic rings. The zero-order chi connectivity index (χ0) is 24.3. The molecule has 0 atom stereocenters. The van der Waals surface area contributed by atoms with E-state index in [0.717, 1.165) is 22.5 Å². The fourth-order valence-corrected chi connectivity index (χ4v) is 10.1. The number of nitrogens with zero attached hydrogens (tertiary/aromatic N) is 2. The van der Waals surface area contributed by atoms with E-state index in [9.17, 15) is 0 Å². The van der Waals surface area contributed by atoms with Gasteiger partial charge in [-0.25, -0.2) is 0 Å². The summed E-state index contributed by atoms with van der Waals surface area (Å²) in [6.45, 7) is 0. The molecule has 0 spiro atoms. The second kappa shape index (κ2) is 11.6. The fourth-order valence-electron chi connectivity index (χ4n) is 4.15. The quantitative estimate of drug-likeness (QED) is 0.137.